The average molecular weight is 546 g/mol. The van der Waals surface area contributed by atoms with Crippen LogP contribution in [0.5, 0.6) is 5.75 Å². The lowest BCUT2D eigenvalue weighted by molar-refractivity contribution is -0.129. The first-order chi connectivity index (χ1) is 19.0. The summed E-state index contributed by atoms with van der Waals surface area (Å²) in [7, 11) is 1.56. The summed E-state index contributed by atoms with van der Waals surface area (Å²) >= 11 is 1.26. The van der Waals surface area contributed by atoms with Crippen LogP contribution in [0.25, 0.3) is 0 Å². The molecule has 8 nitrogen and oxygen atoms in total. The van der Waals surface area contributed by atoms with Gasteiger partial charge in [0.25, 0.3) is 0 Å². The second-order valence-electron chi connectivity index (χ2n) is 8.83. The van der Waals surface area contributed by atoms with Crippen LogP contribution in [0, 0.1) is 0 Å². The Labute approximate surface area is 232 Å². The number of methoxy groups -OCH3 is 1. The summed E-state index contributed by atoms with van der Waals surface area (Å²) in [6, 6.07) is 23.8. The number of carbonyl (C=O) groups is 3. The molecule has 1 fully saturated rings. The number of aryl methyl sites for hydroxylation is 1. The molecule has 1 aliphatic rings. The molecule has 9 heteroatoms. The minimum absolute atomic E-state index is 0.0621. The maximum Gasteiger partial charge on any atom is 0.338 e. The molecule has 1 unspecified atom stereocenters. The van der Waals surface area contributed by atoms with Gasteiger partial charge in [0.1, 0.15) is 11.0 Å². The Hall–Kier alpha value is -4.11. The van der Waals surface area contributed by atoms with Gasteiger partial charge < -0.3 is 14.8 Å². The van der Waals surface area contributed by atoms with Gasteiger partial charge in [-0.05, 0) is 61.7 Å². The van der Waals surface area contributed by atoms with Crippen LogP contribution in [-0.2, 0) is 20.7 Å². The number of ether oxygens (including phenoxy) is 2. The van der Waals surface area contributed by atoms with E-state index in [-0.39, 0.29) is 18.2 Å². The van der Waals surface area contributed by atoms with Crippen molar-refractivity contribution in [3.8, 4) is 5.75 Å². The van der Waals surface area contributed by atoms with Crippen molar-refractivity contribution < 1.29 is 23.9 Å². The Balaban J connectivity index is 1.53. The van der Waals surface area contributed by atoms with Crippen LogP contribution >= 0.6 is 11.8 Å². The summed E-state index contributed by atoms with van der Waals surface area (Å²) in [6.45, 7) is 2.52. The third-order valence-corrected chi connectivity index (χ3v) is 7.25. The molecular weight excluding hydrogens is 514 g/mol. The predicted octanol–water partition coefficient (Wildman–Crippen LogP) is 5.47. The number of hydrogen-bond donors (Lipinski definition) is 1. The molecule has 0 bridgehead atoms. The maximum atomic E-state index is 13.3. The molecule has 1 saturated heterocycles. The molecule has 4 rings (SSSR count). The molecule has 0 spiro atoms. The van der Waals surface area contributed by atoms with Crippen molar-refractivity contribution >= 4 is 46.1 Å². The van der Waals surface area contributed by atoms with Crippen molar-refractivity contribution in [2.75, 3.05) is 25.6 Å². The van der Waals surface area contributed by atoms with Gasteiger partial charge in [-0.2, -0.15) is 0 Å². The first-order valence-corrected chi connectivity index (χ1v) is 13.7. The molecule has 202 valence electrons. The SMILES string of the molecule is CCOC(=O)c1ccc(N=C2SC(C(=O)Nc3cccc(OC)c3)CC(=O)N2CCCc2ccccc2)cc1. The van der Waals surface area contributed by atoms with Crippen molar-refractivity contribution in [1.82, 2.24) is 4.90 Å². The molecule has 1 aliphatic heterocycles. The van der Waals surface area contributed by atoms with Crippen LogP contribution < -0.4 is 10.1 Å². The molecule has 39 heavy (non-hydrogen) atoms. The highest BCUT2D eigenvalue weighted by molar-refractivity contribution is 8.15. The zero-order valence-electron chi connectivity index (χ0n) is 22.0. The number of aliphatic imine (C=N–C) groups is 1. The third-order valence-electron chi connectivity index (χ3n) is 6.06. The molecular formula is C30H31N3O5S. The number of amidine groups is 1. The monoisotopic (exact) mass is 545 g/mol. The minimum Gasteiger partial charge on any atom is -0.497 e. The number of esters is 1. The Morgan fingerprint density at radius 2 is 1.82 bits per heavy atom. The van der Waals surface area contributed by atoms with Gasteiger partial charge >= 0.3 is 5.97 Å². The van der Waals surface area contributed by atoms with Gasteiger partial charge in [0.2, 0.25) is 11.8 Å². The summed E-state index contributed by atoms with van der Waals surface area (Å²) < 4.78 is 10.3. The van der Waals surface area contributed by atoms with E-state index in [0.29, 0.717) is 41.0 Å². The van der Waals surface area contributed by atoms with Gasteiger partial charge in [-0.25, -0.2) is 9.79 Å². The number of thioether (sulfide) groups is 1. The summed E-state index contributed by atoms with van der Waals surface area (Å²) in [5, 5.41) is 2.69. The van der Waals surface area contributed by atoms with Gasteiger partial charge in [0.15, 0.2) is 5.17 Å². The number of carbonyl (C=O) groups excluding carboxylic acids is 3. The smallest absolute Gasteiger partial charge is 0.338 e. The largest absolute Gasteiger partial charge is 0.497 e. The fraction of sp³-hybridized carbons (Fsp3) is 0.267. The quantitative estimate of drug-likeness (QED) is 0.340. The van der Waals surface area contributed by atoms with E-state index in [2.05, 4.69) is 17.4 Å². The average Bonchev–Trinajstić information content (AvgIpc) is 2.95. The van der Waals surface area contributed by atoms with Gasteiger partial charge in [0, 0.05) is 24.7 Å². The number of nitrogens with zero attached hydrogens (tertiary/aromatic N) is 2. The van der Waals surface area contributed by atoms with E-state index in [1.54, 1.807) is 67.5 Å². The standard InChI is InChI=1S/C30H31N3O5S/c1-3-38-29(36)22-14-16-23(17-15-22)32-30-33(18-8-11-21-9-5-4-6-10-21)27(34)20-26(39-30)28(35)31-24-12-7-13-25(19-24)37-2/h4-7,9-10,12-17,19,26H,3,8,11,18,20H2,1-2H3,(H,31,35). The number of rotatable bonds is 10. The lowest BCUT2D eigenvalue weighted by atomic mass is 10.1. The van der Waals surface area contributed by atoms with Gasteiger partial charge in [-0.1, -0.05) is 48.2 Å². The Morgan fingerprint density at radius 3 is 2.54 bits per heavy atom. The molecule has 3 aromatic rings. The summed E-state index contributed by atoms with van der Waals surface area (Å²) in [5.41, 5.74) is 2.77. The first-order valence-electron chi connectivity index (χ1n) is 12.8. The molecule has 1 N–H and O–H groups in total. The lowest BCUT2D eigenvalue weighted by Gasteiger charge is -2.32. The van der Waals surface area contributed by atoms with Crippen LogP contribution in [0.4, 0.5) is 11.4 Å². The van der Waals surface area contributed by atoms with Crippen molar-refractivity contribution in [1.29, 1.82) is 0 Å². The predicted molar refractivity (Wildman–Crippen MR) is 154 cm³/mol. The van der Waals surface area contributed by atoms with Crippen LogP contribution in [0.2, 0.25) is 0 Å². The zero-order valence-corrected chi connectivity index (χ0v) is 22.8. The summed E-state index contributed by atoms with van der Waals surface area (Å²) in [5.74, 6) is -0.223. The van der Waals surface area contributed by atoms with E-state index in [1.807, 2.05) is 18.2 Å². The van der Waals surface area contributed by atoms with E-state index >= 15 is 0 Å². The lowest BCUT2D eigenvalue weighted by Crippen LogP contribution is -2.45. The fourth-order valence-corrected chi connectivity index (χ4v) is 5.19. The highest BCUT2D eigenvalue weighted by atomic mass is 32.2. The second-order valence-corrected chi connectivity index (χ2v) is 10.00. The Kier molecular flexibility index (Phi) is 9.74. The Bertz CT molecular complexity index is 1330. The van der Waals surface area contributed by atoms with Gasteiger partial charge in [-0.15, -0.1) is 0 Å². The number of anilines is 1. The molecule has 1 atom stereocenters. The van der Waals surface area contributed by atoms with E-state index in [0.717, 1.165) is 12.8 Å². The van der Waals surface area contributed by atoms with Gasteiger partial charge in [0.05, 0.1) is 25.0 Å². The second kappa shape index (κ2) is 13.6. The highest BCUT2D eigenvalue weighted by Crippen LogP contribution is 2.31. The number of nitrogens with one attached hydrogen (secondary N) is 1. The van der Waals surface area contributed by atoms with Crippen molar-refractivity contribution in [3.63, 3.8) is 0 Å². The van der Waals surface area contributed by atoms with E-state index in [1.165, 1.54) is 17.3 Å². The third kappa shape index (κ3) is 7.70. The molecule has 0 aromatic heterocycles. The fourth-order valence-electron chi connectivity index (χ4n) is 4.07. The molecule has 0 saturated carbocycles. The van der Waals surface area contributed by atoms with Crippen molar-refractivity contribution in [2.24, 2.45) is 4.99 Å². The van der Waals surface area contributed by atoms with Crippen LogP contribution in [-0.4, -0.2) is 53.4 Å². The normalized spacial score (nSPS) is 16.2. The van der Waals surface area contributed by atoms with Crippen molar-refractivity contribution in [2.45, 2.75) is 31.4 Å². The molecule has 0 radical (unpaired) electrons. The molecule has 1 heterocycles. The van der Waals surface area contributed by atoms with Crippen molar-refractivity contribution in [3.05, 3.63) is 90.0 Å². The van der Waals surface area contributed by atoms with Crippen LogP contribution in [0.15, 0.2) is 83.9 Å². The first kappa shape index (κ1) is 27.9. The topological polar surface area (TPSA) is 97.3 Å². The van der Waals surface area contributed by atoms with E-state index in [4.69, 9.17) is 14.5 Å². The highest BCUT2D eigenvalue weighted by Gasteiger charge is 2.35. The minimum atomic E-state index is -0.647. The van der Waals surface area contributed by atoms with Crippen LogP contribution in [0.3, 0.4) is 0 Å². The molecule has 3 aromatic carbocycles. The maximum absolute atomic E-state index is 13.3. The summed E-state index contributed by atoms with van der Waals surface area (Å²) in [6.07, 6.45) is 1.63. The zero-order chi connectivity index (χ0) is 27.6. The number of hydrogen-bond acceptors (Lipinski definition) is 7. The summed E-state index contributed by atoms with van der Waals surface area (Å²) in [4.78, 5) is 44.8. The van der Waals surface area contributed by atoms with E-state index in [9.17, 15) is 14.4 Å². The van der Waals surface area contributed by atoms with Gasteiger partial charge in [-0.3, -0.25) is 14.5 Å². The molecule has 2 amide bonds. The van der Waals surface area contributed by atoms with E-state index < -0.39 is 11.2 Å². The number of benzene rings is 3. The van der Waals surface area contributed by atoms with Crippen LogP contribution in [0.1, 0.15) is 35.7 Å². The number of amides is 2. The Morgan fingerprint density at radius 1 is 1.05 bits per heavy atom. The molecule has 0 aliphatic carbocycles.